The van der Waals surface area contributed by atoms with Gasteiger partial charge in [-0.25, -0.2) is 0 Å². The van der Waals surface area contributed by atoms with E-state index in [1.807, 2.05) is 36.4 Å². The number of rotatable bonds is 1. The van der Waals surface area contributed by atoms with Gasteiger partial charge in [-0.05, 0) is 44.0 Å². The van der Waals surface area contributed by atoms with Crippen molar-refractivity contribution >= 4 is 61.0 Å². The highest BCUT2D eigenvalue weighted by atomic mass is 32.2. The Kier molecular flexibility index (Phi) is 4.31. The Hall–Kier alpha value is -2.92. The lowest BCUT2D eigenvalue weighted by molar-refractivity contribution is 1.50. The largest absolute Gasteiger partial charge is 0.192 e. The van der Waals surface area contributed by atoms with Gasteiger partial charge >= 0.3 is 0 Å². The second kappa shape index (κ2) is 6.77. The summed E-state index contributed by atoms with van der Waals surface area (Å²) in [6.07, 6.45) is 1.81. The molecule has 0 unspecified atom stereocenters. The fourth-order valence-electron chi connectivity index (χ4n) is 3.27. The molecule has 0 radical (unpaired) electrons. The number of nitriles is 2. The van der Waals surface area contributed by atoms with Gasteiger partial charge in [0.2, 0.25) is 0 Å². The predicted octanol–water partition coefficient (Wildman–Crippen LogP) is 4.85. The molecule has 1 heterocycles. The van der Waals surface area contributed by atoms with Crippen molar-refractivity contribution in [3.8, 4) is 12.1 Å². The van der Waals surface area contributed by atoms with E-state index in [1.165, 1.54) is 4.24 Å². The van der Waals surface area contributed by atoms with Crippen molar-refractivity contribution in [2.45, 2.75) is 0 Å². The standard InChI is InChI=1S/C22H12N2S2/c1-2-14-7-8-18-19(11-14)21(22-25-9-10-26-22)17-6-4-3-5-16(17)20(18)15(12-23)13-24/h2-11H,1H2. The average molecular weight is 368 g/mol. The van der Waals surface area contributed by atoms with Crippen LogP contribution in [0.4, 0.5) is 0 Å². The van der Waals surface area contributed by atoms with Crippen LogP contribution in [-0.4, -0.2) is 0 Å². The second-order valence-electron chi connectivity index (χ2n) is 5.70. The summed E-state index contributed by atoms with van der Waals surface area (Å²) >= 11 is 3.40. The lowest BCUT2D eigenvalue weighted by Crippen LogP contribution is -2.17. The Bertz CT molecular complexity index is 1290. The molecule has 0 atom stereocenters. The van der Waals surface area contributed by atoms with Crippen LogP contribution in [0.5, 0.6) is 0 Å². The molecule has 122 valence electrons. The van der Waals surface area contributed by atoms with E-state index in [2.05, 4.69) is 41.7 Å². The molecular weight excluding hydrogens is 356 g/mol. The quantitative estimate of drug-likeness (QED) is 0.576. The van der Waals surface area contributed by atoms with E-state index in [9.17, 15) is 10.5 Å². The van der Waals surface area contributed by atoms with Gasteiger partial charge in [-0.2, -0.15) is 10.5 Å². The van der Waals surface area contributed by atoms with Crippen LogP contribution in [0.25, 0.3) is 37.4 Å². The van der Waals surface area contributed by atoms with Crippen LogP contribution in [0.1, 0.15) is 5.56 Å². The van der Waals surface area contributed by atoms with E-state index in [-0.39, 0.29) is 5.57 Å². The fourth-order valence-corrected chi connectivity index (χ4v) is 5.20. The Morgan fingerprint density at radius 1 is 0.885 bits per heavy atom. The maximum Gasteiger partial charge on any atom is 0.138 e. The van der Waals surface area contributed by atoms with E-state index < -0.39 is 0 Å². The zero-order chi connectivity index (χ0) is 18.1. The van der Waals surface area contributed by atoms with Crippen LogP contribution < -0.4 is 10.4 Å². The molecule has 4 heteroatoms. The van der Waals surface area contributed by atoms with Crippen LogP contribution in [0.2, 0.25) is 0 Å². The highest BCUT2D eigenvalue weighted by molar-refractivity contribution is 8.34. The number of benzene rings is 3. The van der Waals surface area contributed by atoms with Crippen molar-refractivity contribution in [1.82, 2.24) is 0 Å². The molecule has 1 aliphatic heterocycles. The van der Waals surface area contributed by atoms with Crippen LogP contribution >= 0.6 is 23.5 Å². The van der Waals surface area contributed by atoms with E-state index >= 15 is 0 Å². The zero-order valence-electron chi connectivity index (χ0n) is 13.7. The minimum absolute atomic E-state index is 0.138. The summed E-state index contributed by atoms with van der Waals surface area (Å²) < 4.78 is 1.20. The maximum absolute atomic E-state index is 9.53. The van der Waals surface area contributed by atoms with Crippen molar-refractivity contribution < 1.29 is 0 Å². The molecule has 0 aromatic heterocycles. The first-order valence-corrected chi connectivity index (χ1v) is 9.68. The molecule has 0 N–H and O–H groups in total. The second-order valence-corrected chi connectivity index (χ2v) is 7.79. The minimum Gasteiger partial charge on any atom is -0.192 e. The van der Waals surface area contributed by atoms with Crippen LogP contribution in [0.15, 0.2) is 59.9 Å². The molecule has 1 aliphatic rings. The molecule has 3 aromatic rings. The highest BCUT2D eigenvalue weighted by Gasteiger charge is 2.14. The summed E-state index contributed by atoms with van der Waals surface area (Å²) in [6, 6.07) is 18.2. The number of hydrogen-bond acceptors (Lipinski definition) is 4. The highest BCUT2D eigenvalue weighted by Crippen LogP contribution is 2.39. The van der Waals surface area contributed by atoms with E-state index in [0.717, 1.165) is 32.3 Å². The van der Waals surface area contributed by atoms with Gasteiger partial charge in [0.15, 0.2) is 0 Å². The number of hydrogen-bond donors (Lipinski definition) is 0. The molecule has 4 rings (SSSR count). The smallest absolute Gasteiger partial charge is 0.138 e. The summed E-state index contributed by atoms with van der Waals surface area (Å²) in [5.41, 5.74) is 1.15. The Labute approximate surface area is 159 Å². The van der Waals surface area contributed by atoms with Gasteiger partial charge in [-0.15, -0.1) is 0 Å². The normalized spacial score (nSPS) is 12.9. The van der Waals surface area contributed by atoms with Crippen LogP contribution in [0, 0.1) is 22.7 Å². The predicted molar refractivity (Wildman–Crippen MR) is 113 cm³/mol. The summed E-state index contributed by atoms with van der Waals surface area (Å²) in [6.45, 7) is 3.88. The van der Waals surface area contributed by atoms with E-state index in [1.54, 1.807) is 23.5 Å². The first-order valence-electron chi connectivity index (χ1n) is 7.92. The molecule has 0 saturated heterocycles. The zero-order valence-corrected chi connectivity index (χ0v) is 15.3. The van der Waals surface area contributed by atoms with Gasteiger partial charge in [0, 0.05) is 10.4 Å². The van der Waals surface area contributed by atoms with Crippen molar-refractivity contribution in [3.63, 3.8) is 0 Å². The number of thioether (sulfide) groups is 2. The van der Waals surface area contributed by atoms with Gasteiger partial charge in [-0.3, -0.25) is 0 Å². The maximum atomic E-state index is 9.53. The molecule has 0 aliphatic carbocycles. The Morgan fingerprint density at radius 2 is 1.54 bits per heavy atom. The van der Waals surface area contributed by atoms with Crippen LogP contribution in [0.3, 0.4) is 0 Å². The molecule has 26 heavy (non-hydrogen) atoms. The molecule has 0 bridgehead atoms. The van der Waals surface area contributed by atoms with Gasteiger partial charge < -0.3 is 0 Å². The average Bonchev–Trinajstić information content (AvgIpc) is 3.22. The van der Waals surface area contributed by atoms with Gasteiger partial charge in [-0.1, -0.05) is 72.6 Å². The summed E-state index contributed by atoms with van der Waals surface area (Å²) in [7, 11) is 0. The van der Waals surface area contributed by atoms with Crippen molar-refractivity contribution in [1.29, 1.82) is 10.5 Å². The van der Waals surface area contributed by atoms with E-state index in [4.69, 9.17) is 0 Å². The summed E-state index contributed by atoms with van der Waals surface area (Å²) in [5, 5.41) is 29.0. The molecule has 3 aromatic carbocycles. The van der Waals surface area contributed by atoms with Gasteiger partial charge in [0.05, 0.1) is 4.24 Å². The molecule has 0 saturated carbocycles. The molecule has 2 nitrogen and oxygen atoms in total. The molecule has 0 fully saturated rings. The van der Waals surface area contributed by atoms with Gasteiger partial charge in [0.25, 0.3) is 0 Å². The molecular formula is C22H12N2S2. The minimum atomic E-state index is 0.138. The monoisotopic (exact) mass is 368 g/mol. The number of fused-ring (bicyclic) bond motifs is 2. The first kappa shape index (κ1) is 16.5. The SMILES string of the molecule is C=Cc1ccc2c(=C(C#N)C#N)c3ccccc3c(=C3SC=CS3)c2c1. The fraction of sp³-hybridized carbons (Fsp3) is 0. The third kappa shape index (κ3) is 2.52. The van der Waals surface area contributed by atoms with E-state index in [0.29, 0.717) is 5.22 Å². The lowest BCUT2D eigenvalue weighted by Gasteiger charge is -2.10. The van der Waals surface area contributed by atoms with Crippen LogP contribution in [-0.2, 0) is 0 Å². The third-order valence-electron chi connectivity index (χ3n) is 4.37. The number of nitrogens with zero attached hydrogens (tertiary/aromatic N) is 2. The van der Waals surface area contributed by atoms with Crippen molar-refractivity contribution in [2.75, 3.05) is 0 Å². The summed E-state index contributed by atoms with van der Waals surface area (Å²) in [5.74, 6) is 0. The topological polar surface area (TPSA) is 47.6 Å². The molecule has 0 amide bonds. The lowest BCUT2D eigenvalue weighted by atomic mass is 9.95. The first-order chi connectivity index (χ1) is 12.8. The Morgan fingerprint density at radius 3 is 2.19 bits per heavy atom. The summed E-state index contributed by atoms with van der Waals surface area (Å²) in [4.78, 5) is 0. The van der Waals surface area contributed by atoms with Gasteiger partial charge in [0.1, 0.15) is 17.7 Å². The third-order valence-corrected chi connectivity index (χ3v) is 6.50. The van der Waals surface area contributed by atoms with Crippen molar-refractivity contribution in [2.24, 2.45) is 0 Å². The van der Waals surface area contributed by atoms with Crippen molar-refractivity contribution in [3.05, 3.63) is 75.9 Å². The Balaban J connectivity index is 2.44. The molecule has 0 spiro atoms.